The van der Waals surface area contributed by atoms with Gasteiger partial charge in [-0.2, -0.15) is 13.2 Å². The van der Waals surface area contributed by atoms with Crippen LogP contribution in [0.3, 0.4) is 0 Å². The van der Waals surface area contributed by atoms with Crippen LogP contribution in [0.4, 0.5) is 30.5 Å². The number of nitrogens with one attached hydrogen (secondary N) is 2. The van der Waals surface area contributed by atoms with Crippen LogP contribution in [-0.2, 0) is 16.2 Å². The van der Waals surface area contributed by atoms with Crippen LogP contribution in [-0.4, -0.2) is 18.4 Å². The van der Waals surface area contributed by atoms with Crippen LogP contribution < -0.4 is 10.0 Å². The van der Waals surface area contributed by atoms with Gasteiger partial charge in [-0.15, -0.1) is 11.3 Å². The van der Waals surface area contributed by atoms with E-state index in [-0.39, 0.29) is 21.5 Å². The summed E-state index contributed by atoms with van der Waals surface area (Å²) in [5, 5.41) is 4.36. The van der Waals surface area contributed by atoms with Gasteiger partial charge in [0.15, 0.2) is 11.6 Å². The Morgan fingerprint density at radius 3 is 2.20 bits per heavy atom. The van der Waals surface area contributed by atoms with Gasteiger partial charge in [0.1, 0.15) is 4.21 Å². The molecule has 11 heteroatoms. The van der Waals surface area contributed by atoms with E-state index in [1.807, 2.05) is 0 Å². The smallest absolute Gasteiger partial charge is 0.337 e. The van der Waals surface area contributed by atoms with Crippen molar-refractivity contribution in [2.75, 3.05) is 10.0 Å². The molecular formula is C19H13F3N4O2S2. The number of nitrogens with zero attached hydrogens (tertiary/aromatic N) is 2. The number of aromatic nitrogens is 2. The number of alkyl halides is 3. The minimum atomic E-state index is -4.52. The maximum Gasteiger partial charge on any atom is 0.416 e. The fourth-order valence-corrected chi connectivity index (χ4v) is 4.66. The van der Waals surface area contributed by atoms with Crippen molar-refractivity contribution in [1.29, 1.82) is 0 Å². The van der Waals surface area contributed by atoms with Crippen LogP contribution in [0.5, 0.6) is 0 Å². The van der Waals surface area contributed by atoms with Crippen LogP contribution >= 0.6 is 11.3 Å². The molecule has 30 heavy (non-hydrogen) atoms. The van der Waals surface area contributed by atoms with Crippen molar-refractivity contribution in [3.63, 3.8) is 0 Å². The molecule has 0 aliphatic heterocycles. The second kappa shape index (κ2) is 7.58. The molecule has 154 valence electrons. The Bertz CT molecular complexity index is 1310. The van der Waals surface area contributed by atoms with Crippen molar-refractivity contribution in [1.82, 2.24) is 9.97 Å². The Morgan fingerprint density at radius 1 is 0.867 bits per heavy atom. The largest absolute Gasteiger partial charge is 0.416 e. The monoisotopic (exact) mass is 450 g/mol. The molecule has 0 atom stereocenters. The Kier molecular flexibility index (Phi) is 5.08. The molecule has 0 fully saturated rings. The van der Waals surface area contributed by atoms with Gasteiger partial charge in [0.2, 0.25) is 0 Å². The molecular weight excluding hydrogens is 437 g/mol. The molecule has 0 bridgehead atoms. The van der Waals surface area contributed by atoms with Gasteiger partial charge in [0.25, 0.3) is 10.0 Å². The zero-order chi connectivity index (χ0) is 21.4. The lowest BCUT2D eigenvalue weighted by molar-refractivity contribution is -0.137. The van der Waals surface area contributed by atoms with Crippen molar-refractivity contribution in [2.45, 2.75) is 10.4 Å². The topological polar surface area (TPSA) is 84.0 Å². The first-order valence-electron chi connectivity index (χ1n) is 8.50. The number of hydrogen-bond acceptors (Lipinski definition) is 6. The number of rotatable bonds is 5. The first-order chi connectivity index (χ1) is 14.2. The molecule has 0 saturated carbocycles. The van der Waals surface area contributed by atoms with Gasteiger partial charge in [-0.3, -0.25) is 4.72 Å². The molecule has 0 saturated heterocycles. The molecule has 4 rings (SSSR count). The normalized spacial score (nSPS) is 12.1. The van der Waals surface area contributed by atoms with E-state index in [4.69, 9.17) is 0 Å². The van der Waals surface area contributed by atoms with E-state index >= 15 is 0 Å². The third-order valence-corrected chi connectivity index (χ3v) is 6.75. The summed E-state index contributed by atoms with van der Waals surface area (Å²) in [5.74, 6) is -0.146. The van der Waals surface area contributed by atoms with Crippen LogP contribution in [0.2, 0.25) is 0 Å². The van der Waals surface area contributed by atoms with E-state index in [0.717, 1.165) is 23.5 Å². The van der Waals surface area contributed by atoms with E-state index in [9.17, 15) is 21.6 Å². The van der Waals surface area contributed by atoms with Gasteiger partial charge in [0.05, 0.1) is 16.6 Å². The third kappa shape index (κ3) is 4.21. The summed E-state index contributed by atoms with van der Waals surface area (Å²) in [4.78, 5) is 8.65. The van der Waals surface area contributed by atoms with E-state index in [1.54, 1.807) is 35.7 Å². The van der Waals surface area contributed by atoms with E-state index in [2.05, 4.69) is 20.0 Å². The number of sulfonamides is 1. The summed E-state index contributed by atoms with van der Waals surface area (Å²) >= 11 is 1.02. The van der Waals surface area contributed by atoms with Crippen LogP contribution in [0.1, 0.15) is 5.56 Å². The highest BCUT2D eigenvalue weighted by molar-refractivity contribution is 7.94. The number of benzene rings is 2. The van der Waals surface area contributed by atoms with Crippen LogP contribution in [0.15, 0.2) is 70.3 Å². The third-order valence-electron chi connectivity index (χ3n) is 4.01. The highest BCUT2D eigenvalue weighted by Gasteiger charge is 2.30. The lowest BCUT2D eigenvalue weighted by Crippen LogP contribution is -2.15. The molecule has 0 aliphatic rings. The number of fused-ring (bicyclic) bond motifs is 1. The minimum absolute atomic E-state index is 0.0202. The molecule has 0 spiro atoms. The van der Waals surface area contributed by atoms with Crippen molar-refractivity contribution >= 4 is 49.7 Å². The molecule has 0 radical (unpaired) electrons. The van der Waals surface area contributed by atoms with Gasteiger partial charge in [-0.1, -0.05) is 24.3 Å². The first-order valence-corrected chi connectivity index (χ1v) is 10.9. The van der Waals surface area contributed by atoms with E-state index in [0.29, 0.717) is 11.0 Å². The molecule has 2 heterocycles. The van der Waals surface area contributed by atoms with Crippen LogP contribution in [0.25, 0.3) is 11.0 Å². The molecule has 4 aromatic rings. The fraction of sp³-hybridized carbons (Fsp3) is 0.0526. The van der Waals surface area contributed by atoms with Crippen molar-refractivity contribution < 1.29 is 21.6 Å². The first kappa shape index (κ1) is 20.1. The molecule has 0 unspecified atom stereocenters. The van der Waals surface area contributed by atoms with Crippen molar-refractivity contribution in [3.05, 3.63) is 71.6 Å². The summed E-state index contributed by atoms with van der Waals surface area (Å²) < 4.78 is 66.8. The minimum Gasteiger partial charge on any atom is -0.337 e. The number of halogens is 3. The highest BCUT2D eigenvalue weighted by atomic mass is 32.2. The second-order valence-electron chi connectivity index (χ2n) is 6.15. The van der Waals surface area contributed by atoms with Gasteiger partial charge in [-0.25, -0.2) is 18.4 Å². The summed E-state index contributed by atoms with van der Waals surface area (Å²) in [5.41, 5.74) is 0.120. The number of anilines is 3. The van der Waals surface area contributed by atoms with Gasteiger partial charge < -0.3 is 5.32 Å². The molecule has 2 aromatic heterocycles. The fourth-order valence-electron chi connectivity index (χ4n) is 2.66. The SMILES string of the molecule is O=S(=O)(Nc1nc2ccccc2nc1Nc1cccc(C(F)(F)F)c1)c1cccs1. The maximum atomic E-state index is 13.0. The van der Waals surface area contributed by atoms with Gasteiger partial charge >= 0.3 is 6.18 Å². The Labute approximate surface area is 173 Å². The quantitative estimate of drug-likeness (QED) is 0.434. The lowest BCUT2D eigenvalue weighted by Gasteiger charge is -2.14. The standard InChI is InChI=1S/C19H13F3N4O2S2/c20-19(21,22)12-5-3-6-13(11-12)23-17-18(25-15-8-2-1-7-14(15)24-17)26-30(27,28)16-9-4-10-29-16/h1-11H,(H,23,24)(H,25,26). The highest BCUT2D eigenvalue weighted by Crippen LogP contribution is 2.33. The molecule has 0 amide bonds. The molecule has 2 N–H and O–H groups in total. The number of hydrogen-bond donors (Lipinski definition) is 2. The van der Waals surface area contributed by atoms with Crippen molar-refractivity contribution in [3.8, 4) is 0 Å². The average Bonchev–Trinajstić information content (AvgIpc) is 3.24. The summed E-state index contributed by atoms with van der Waals surface area (Å²) in [6.45, 7) is 0. The maximum absolute atomic E-state index is 13.0. The van der Waals surface area contributed by atoms with E-state index in [1.165, 1.54) is 18.2 Å². The predicted octanol–water partition coefficient (Wildman–Crippen LogP) is 5.25. The molecule has 6 nitrogen and oxygen atoms in total. The summed E-state index contributed by atoms with van der Waals surface area (Å²) in [7, 11) is -3.94. The Hall–Kier alpha value is -3.18. The second-order valence-corrected chi connectivity index (χ2v) is 9.01. The Balaban J connectivity index is 1.78. The average molecular weight is 450 g/mol. The van der Waals surface area contributed by atoms with Crippen molar-refractivity contribution in [2.24, 2.45) is 0 Å². The summed E-state index contributed by atoms with van der Waals surface area (Å²) in [6.07, 6.45) is -4.52. The zero-order valence-corrected chi connectivity index (χ0v) is 16.6. The zero-order valence-electron chi connectivity index (χ0n) is 15.0. The van der Waals surface area contributed by atoms with Crippen LogP contribution in [0, 0.1) is 0 Å². The molecule has 2 aromatic carbocycles. The van der Waals surface area contributed by atoms with E-state index < -0.39 is 21.8 Å². The number of thiophene rings is 1. The Morgan fingerprint density at radius 2 is 1.57 bits per heavy atom. The predicted molar refractivity (Wildman–Crippen MR) is 109 cm³/mol. The number of para-hydroxylation sites is 2. The van der Waals surface area contributed by atoms with Gasteiger partial charge in [0, 0.05) is 5.69 Å². The molecule has 0 aliphatic carbocycles. The summed E-state index contributed by atoms with van der Waals surface area (Å²) in [6, 6.07) is 14.3. The van der Waals surface area contributed by atoms with Gasteiger partial charge in [-0.05, 0) is 41.8 Å². The lowest BCUT2D eigenvalue weighted by atomic mass is 10.2.